The Morgan fingerprint density at radius 3 is 2.62 bits per heavy atom. The van der Waals surface area contributed by atoms with Gasteiger partial charge < -0.3 is 5.32 Å². The summed E-state index contributed by atoms with van der Waals surface area (Å²) in [5.41, 5.74) is 0.634. The monoisotopic (exact) mass is 312 g/mol. The molecule has 0 bridgehead atoms. The first-order valence-corrected chi connectivity index (χ1v) is 6.42. The lowest BCUT2D eigenvalue weighted by molar-refractivity contribution is -0.384. The van der Waals surface area contributed by atoms with Gasteiger partial charge in [-0.25, -0.2) is 8.78 Å². The van der Waals surface area contributed by atoms with Crippen molar-refractivity contribution in [2.45, 2.75) is 13.1 Å². The van der Waals surface area contributed by atoms with Gasteiger partial charge in [0.15, 0.2) is 0 Å². The average Bonchev–Trinajstić information content (AvgIpc) is 2.44. The van der Waals surface area contributed by atoms with E-state index in [0.717, 1.165) is 18.2 Å². The van der Waals surface area contributed by atoms with E-state index in [9.17, 15) is 18.9 Å². The Bertz CT molecular complexity index is 680. The van der Waals surface area contributed by atoms with E-state index in [2.05, 4.69) is 5.32 Å². The van der Waals surface area contributed by atoms with Gasteiger partial charge in [-0.2, -0.15) is 0 Å². The number of hydrogen-bond acceptors (Lipinski definition) is 3. The molecule has 0 heterocycles. The smallest absolute Gasteiger partial charge is 0.288 e. The zero-order valence-electron chi connectivity index (χ0n) is 10.8. The lowest BCUT2D eigenvalue weighted by atomic mass is 10.1. The van der Waals surface area contributed by atoms with Crippen molar-refractivity contribution in [2.75, 3.05) is 0 Å². The van der Waals surface area contributed by atoms with Crippen LogP contribution in [0, 0.1) is 21.7 Å². The number of nitro groups is 1. The predicted octanol–water partition coefficient (Wildman–Crippen LogP) is 3.82. The number of rotatable bonds is 5. The largest absolute Gasteiger partial charge is 0.309 e. The summed E-state index contributed by atoms with van der Waals surface area (Å²) in [5, 5.41) is 13.7. The SMILES string of the molecule is O=[N+]([O-])c1cc(CNCc2cc(F)ccc2F)ccc1Cl. The van der Waals surface area contributed by atoms with Crippen molar-refractivity contribution >= 4 is 17.3 Å². The highest BCUT2D eigenvalue weighted by molar-refractivity contribution is 6.32. The molecule has 7 heteroatoms. The maximum atomic E-state index is 13.4. The number of hydrogen-bond donors (Lipinski definition) is 1. The van der Waals surface area contributed by atoms with Crippen molar-refractivity contribution in [3.8, 4) is 0 Å². The number of nitrogens with one attached hydrogen (secondary N) is 1. The quantitative estimate of drug-likeness (QED) is 0.674. The van der Waals surface area contributed by atoms with Crippen LogP contribution in [0.1, 0.15) is 11.1 Å². The first-order valence-electron chi connectivity index (χ1n) is 6.05. The number of benzene rings is 2. The lowest BCUT2D eigenvalue weighted by Gasteiger charge is -2.07. The second kappa shape index (κ2) is 6.60. The van der Waals surface area contributed by atoms with Gasteiger partial charge in [0, 0.05) is 24.7 Å². The minimum atomic E-state index is -0.571. The van der Waals surface area contributed by atoms with Crippen molar-refractivity contribution in [1.82, 2.24) is 5.32 Å². The Labute approximate surface area is 124 Å². The van der Waals surface area contributed by atoms with E-state index in [0.29, 0.717) is 5.56 Å². The van der Waals surface area contributed by atoms with E-state index in [1.807, 2.05) is 0 Å². The van der Waals surface area contributed by atoms with Gasteiger partial charge in [0.2, 0.25) is 0 Å². The molecule has 4 nitrogen and oxygen atoms in total. The highest BCUT2D eigenvalue weighted by atomic mass is 35.5. The third-order valence-corrected chi connectivity index (χ3v) is 3.18. The molecule has 0 unspecified atom stereocenters. The summed E-state index contributed by atoms with van der Waals surface area (Å²) in [6.45, 7) is 0.383. The molecule has 2 rings (SSSR count). The molecule has 0 aliphatic rings. The maximum Gasteiger partial charge on any atom is 0.288 e. The average molecular weight is 313 g/mol. The fourth-order valence-corrected chi connectivity index (χ4v) is 2.01. The minimum Gasteiger partial charge on any atom is -0.309 e. The summed E-state index contributed by atoms with van der Waals surface area (Å²) in [5.74, 6) is -1.03. The molecule has 0 radical (unpaired) electrons. The molecule has 0 aliphatic heterocycles. The Kier molecular flexibility index (Phi) is 4.82. The maximum absolute atomic E-state index is 13.4. The number of nitrogens with zero attached hydrogens (tertiary/aromatic N) is 1. The molecule has 0 saturated heterocycles. The Hall–Kier alpha value is -2.05. The van der Waals surface area contributed by atoms with E-state index in [1.165, 1.54) is 12.1 Å². The van der Waals surface area contributed by atoms with Crippen molar-refractivity contribution < 1.29 is 13.7 Å². The van der Waals surface area contributed by atoms with E-state index >= 15 is 0 Å². The molecule has 0 fully saturated rings. The Morgan fingerprint density at radius 2 is 1.90 bits per heavy atom. The summed E-state index contributed by atoms with van der Waals surface area (Å²) >= 11 is 5.71. The Morgan fingerprint density at radius 1 is 1.14 bits per heavy atom. The molecular formula is C14H11ClF2N2O2. The topological polar surface area (TPSA) is 55.2 Å². The Balaban J connectivity index is 2.02. The molecule has 0 atom stereocenters. The first-order chi connectivity index (χ1) is 9.97. The number of halogens is 3. The molecule has 0 aromatic heterocycles. The van der Waals surface area contributed by atoms with Crippen LogP contribution in [0.15, 0.2) is 36.4 Å². The molecule has 0 amide bonds. The van der Waals surface area contributed by atoms with Crippen molar-refractivity contribution in [1.29, 1.82) is 0 Å². The highest BCUT2D eigenvalue weighted by Crippen LogP contribution is 2.25. The molecule has 2 aromatic carbocycles. The van der Waals surface area contributed by atoms with Gasteiger partial charge in [-0.05, 0) is 29.8 Å². The molecule has 2 aromatic rings. The molecule has 0 spiro atoms. The van der Waals surface area contributed by atoms with E-state index < -0.39 is 16.6 Å². The van der Waals surface area contributed by atoms with Gasteiger partial charge in [0.25, 0.3) is 5.69 Å². The molecular weight excluding hydrogens is 302 g/mol. The lowest BCUT2D eigenvalue weighted by Crippen LogP contribution is -2.14. The highest BCUT2D eigenvalue weighted by Gasteiger charge is 2.12. The summed E-state index contributed by atoms with van der Waals surface area (Å²) in [7, 11) is 0. The van der Waals surface area contributed by atoms with Crippen LogP contribution in [0.25, 0.3) is 0 Å². The van der Waals surface area contributed by atoms with Gasteiger partial charge in [0.05, 0.1) is 4.92 Å². The van der Waals surface area contributed by atoms with Crippen LogP contribution in [0.2, 0.25) is 5.02 Å². The third kappa shape index (κ3) is 3.96. The van der Waals surface area contributed by atoms with Gasteiger partial charge in [-0.3, -0.25) is 10.1 Å². The zero-order valence-corrected chi connectivity index (χ0v) is 11.5. The summed E-state index contributed by atoms with van der Waals surface area (Å²) in [6, 6.07) is 7.61. The van der Waals surface area contributed by atoms with E-state index in [-0.39, 0.29) is 29.4 Å². The van der Waals surface area contributed by atoms with Crippen molar-refractivity contribution in [2.24, 2.45) is 0 Å². The molecule has 21 heavy (non-hydrogen) atoms. The molecule has 0 aliphatic carbocycles. The zero-order chi connectivity index (χ0) is 15.4. The van der Waals surface area contributed by atoms with Gasteiger partial charge >= 0.3 is 0 Å². The second-order valence-corrected chi connectivity index (χ2v) is 4.79. The number of nitro benzene ring substituents is 1. The summed E-state index contributed by atoms with van der Waals surface area (Å²) in [6.07, 6.45) is 0. The van der Waals surface area contributed by atoms with Gasteiger partial charge in [-0.15, -0.1) is 0 Å². The van der Waals surface area contributed by atoms with Crippen LogP contribution in [-0.2, 0) is 13.1 Å². The third-order valence-electron chi connectivity index (χ3n) is 2.86. The second-order valence-electron chi connectivity index (χ2n) is 4.38. The first kappa shape index (κ1) is 15.3. The summed E-state index contributed by atoms with van der Waals surface area (Å²) < 4.78 is 26.4. The van der Waals surface area contributed by atoms with Gasteiger partial charge in [-0.1, -0.05) is 17.7 Å². The molecule has 1 N–H and O–H groups in total. The van der Waals surface area contributed by atoms with Crippen LogP contribution in [0.4, 0.5) is 14.5 Å². The van der Waals surface area contributed by atoms with Crippen molar-refractivity contribution in [3.63, 3.8) is 0 Å². The summed E-state index contributed by atoms with van der Waals surface area (Å²) in [4.78, 5) is 10.2. The van der Waals surface area contributed by atoms with Crippen LogP contribution in [-0.4, -0.2) is 4.92 Å². The van der Waals surface area contributed by atoms with Crippen LogP contribution in [0.3, 0.4) is 0 Å². The minimum absolute atomic E-state index is 0.0555. The normalized spacial score (nSPS) is 10.6. The fourth-order valence-electron chi connectivity index (χ4n) is 1.83. The van der Waals surface area contributed by atoms with E-state index in [4.69, 9.17) is 11.6 Å². The standard InChI is InChI=1S/C14H11ClF2N2O2/c15-12-3-1-9(5-14(12)19(20)21)7-18-8-10-6-11(16)2-4-13(10)17/h1-6,18H,7-8H2. The van der Waals surface area contributed by atoms with Crippen LogP contribution in [0.5, 0.6) is 0 Å². The van der Waals surface area contributed by atoms with Crippen molar-refractivity contribution in [3.05, 3.63) is 74.3 Å². The predicted molar refractivity (Wildman–Crippen MR) is 75.0 cm³/mol. The van der Waals surface area contributed by atoms with Crippen LogP contribution < -0.4 is 5.32 Å². The molecule has 0 saturated carbocycles. The molecule has 110 valence electrons. The van der Waals surface area contributed by atoms with Gasteiger partial charge in [0.1, 0.15) is 16.7 Å². The fraction of sp³-hybridized carbons (Fsp3) is 0.143. The van der Waals surface area contributed by atoms with E-state index in [1.54, 1.807) is 6.07 Å². The van der Waals surface area contributed by atoms with Crippen LogP contribution >= 0.6 is 11.6 Å².